The Kier molecular flexibility index (Phi) is 6.07. The van der Waals surface area contributed by atoms with Crippen LogP contribution in [0.1, 0.15) is 31.4 Å². The number of benzene rings is 1. The molecule has 0 amide bonds. The zero-order valence-electron chi connectivity index (χ0n) is 18.9. The Balaban J connectivity index is 1.92. The number of imidazole rings is 1. The fraction of sp³-hybridized carbons (Fsp3) is 0.261. The predicted molar refractivity (Wildman–Crippen MR) is 130 cm³/mol. The molecule has 0 aliphatic heterocycles. The van der Waals surface area contributed by atoms with Crippen molar-refractivity contribution in [1.29, 1.82) is 0 Å². The molecule has 33 heavy (non-hydrogen) atoms. The highest BCUT2D eigenvalue weighted by Gasteiger charge is 2.25. The number of aromatic nitrogens is 5. The summed E-state index contributed by atoms with van der Waals surface area (Å²) < 4.78 is 5.30. The summed E-state index contributed by atoms with van der Waals surface area (Å²) in [5, 5.41) is 3.42. The van der Waals surface area contributed by atoms with E-state index >= 15 is 0 Å². The summed E-state index contributed by atoms with van der Waals surface area (Å²) in [6.45, 7) is 4.08. The molecule has 10 nitrogen and oxygen atoms in total. The molecular weight excluding hydrogens is 420 g/mol. The van der Waals surface area contributed by atoms with E-state index in [2.05, 4.69) is 35.2 Å². The number of nitrogens with two attached hydrogens (primary N) is 1. The number of pyridine rings is 1. The SMILES string of the molecule is CN=Cc1[nH]c(=O)c(-c2nc3ccc(OC)cc3[nH]2)c(NC(c2ncccn2)C(C)C)c1N. The zero-order chi connectivity index (χ0) is 23.5. The molecule has 0 spiro atoms. The highest BCUT2D eigenvalue weighted by atomic mass is 16.5. The van der Waals surface area contributed by atoms with Gasteiger partial charge in [0.15, 0.2) is 5.82 Å². The van der Waals surface area contributed by atoms with E-state index in [-0.39, 0.29) is 23.1 Å². The molecular formula is C23H26N8O2. The highest BCUT2D eigenvalue weighted by Crippen LogP contribution is 2.35. The third-order valence-electron chi connectivity index (χ3n) is 5.30. The van der Waals surface area contributed by atoms with Gasteiger partial charge in [-0.2, -0.15) is 0 Å². The maximum absolute atomic E-state index is 13.2. The number of nitrogens with one attached hydrogen (secondary N) is 3. The lowest BCUT2D eigenvalue weighted by Crippen LogP contribution is -2.24. The van der Waals surface area contributed by atoms with Crippen LogP contribution in [0.3, 0.4) is 0 Å². The molecule has 10 heteroatoms. The minimum Gasteiger partial charge on any atom is -0.497 e. The minimum absolute atomic E-state index is 0.0992. The van der Waals surface area contributed by atoms with Crippen molar-refractivity contribution in [2.24, 2.45) is 10.9 Å². The molecule has 5 N–H and O–H groups in total. The lowest BCUT2D eigenvalue weighted by molar-refractivity contribution is 0.415. The van der Waals surface area contributed by atoms with Gasteiger partial charge in [-0.3, -0.25) is 9.79 Å². The first-order valence-corrected chi connectivity index (χ1v) is 10.5. The highest BCUT2D eigenvalue weighted by molar-refractivity contribution is 5.95. The summed E-state index contributed by atoms with van der Waals surface area (Å²) >= 11 is 0. The molecule has 4 rings (SSSR count). The number of H-pyrrole nitrogens is 2. The van der Waals surface area contributed by atoms with Crippen molar-refractivity contribution in [2.75, 3.05) is 25.2 Å². The van der Waals surface area contributed by atoms with Gasteiger partial charge in [0.2, 0.25) is 0 Å². The second-order valence-corrected chi connectivity index (χ2v) is 7.86. The van der Waals surface area contributed by atoms with Gasteiger partial charge < -0.3 is 25.8 Å². The number of nitrogens with zero attached hydrogens (tertiary/aromatic N) is 4. The molecule has 0 bridgehead atoms. The van der Waals surface area contributed by atoms with Crippen molar-refractivity contribution < 1.29 is 4.74 Å². The van der Waals surface area contributed by atoms with E-state index < -0.39 is 0 Å². The number of aromatic amines is 2. The van der Waals surface area contributed by atoms with Crippen molar-refractivity contribution in [1.82, 2.24) is 24.9 Å². The third kappa shape index (κ3) is 4.27. The number of nitrogen functional groups attached to an aromatic ring is 1. The number of rotatable bonds is 7. The van der Waals surface area contributed by atoms with Gasteiger partial charge in [-0.1, -0.05) is 13.8 Å². The number of aliphatic imine (C=N–C) groups is 1. The first-order chi connectivity index (χ1) is 15.9. The average Bonchev–Trinajstić information content (AvgIpc) is 3.23. The summed E-state index contributed by atoms with van der Waals surface area (Å²) in [4.78, 5) is 36.7. The molecule has 0 aliphatic carbocycles. The van der Waals surface area contributed by atoms with Crippen molar-refractivity contribution in [3.63, 3.8) is 0 Å². The van der Waals surface area contributed by atoms with Crippen LogP contribution < -0.4 is 21.3 Å². The van der Waals surface area contributed by atoms with Crippen LogP contribution in [0.2, 0.25) is 0 Å². The van der Waals surface area contributed by atoms with Crippen LogP contribution in [0.4, 0.5) is 11.4 Å². The van der Waals surface area contributed by atoms with Crippen molar-refractivity contribution >= 4 is 28.6 Å². The van der Waals surface area contributed by atoms with Crippen LogP contribution >= 0.6 is 0 Å². The number of fused-ring (bicyclic) bond motifs is 1. The summed E-state index contributed by atoms with van der Waals surface area (Å²) in [7, 11) is 3.21. The second kappa shape index (κ2) is 9.11. The summed E-state index contributed by atoms with van der Waals surface area (Å²) in [5.41, 5.74) is 9.06. The maximum Gasteiger partial charge on any atom is 0.261 e. The molecule has 0 saturated carbocycles. The predicted octanol–water partition coefficient (Wildman–Crippen LogP) is 3.16. The van der Waals surface area contributed by atoms with E-state index in [9.17, 15) is 4.79 Å². The Bertz CT molecular complexity index is 1360. The summed E-state index contributed by atoms with van der Waals surface area (Å²) in [6, 6.07) is 6.92. The Morgan fingerprint density at radius 1 is 1.21 bits per heavy atom. The Hall–Kier alpha value is -4.21. The van der Waals surface area contributed by atoms with E-state index in [0.717, 1.165) is 5.52 Å². The van der Waals surface area contributed by atoms with E-state index in [1.165, 1.54) is 6.21 Å². The van der Waals surface area contributed by atoms with Gasteiger partial charge in [-0.25, -0.2) is 15.0 Å². The number of anilines is 2. The fourth-order valence-electron chi connectivity index (χ4n) is 3.63. The van der Waals surface area contributed by atoms with Gasteiger partial charge in [0.1, 0.15) is 17.1 Å². The first kappa shape index (κ1) is 22.0. The van der Waals surface area contributed by atoms with E-state index in [0.29, 0.717) is 40.0 Å². The molecule has 0 radical (unpaired) electrons. The quantitative estimate of drug-likeness (QED) is 0.319. The lowest BCUT2D eigenvalue weighted by Gasteiger charge is -2.24. The smallest absolute Gasteiger partial charge is 0.261 e. The standard InChI is InChI=1S/C23H26N8O2/c1-12(2)19(22-26-8-5-9-27-22)31-20-17(23(32)30-16(11-25-3)18(20)24)21-28-14-7-6-13(33-4)10-15(14)29-21/h5-12,19H,24H2,1-4H3,(H,28,29)(H2,30,31,32). The van der Waals surface area contributed by atoms with E-state index in [4.69, 9.17) is 10.5 Å². The van der Waals surface area contributed by atoms with Gasteiger partial charge in [0, 0.05) is 31.7 Å². The van der Waals surface area contributed by atoms with Crippen LogP contribution in [0, 0.1) is 5.92 Å². The molecule has 0 saturated heterocycles. The van der Waals surface area contributed by atoms with Crippen molar-refractivity contribution in [3.05, 3.63) is 58.5 Å². The van der Waals surface area contributed by atoms with Gasteiger partial charge in [0.05, 0.1) is 41.3 Å². The minimum atomic E-state index is -0.357. The maximum atomic E-state index is 13.2. The molecule has 3 aromatic heterocycles. The number of hydrogen-bond acceptors (Lipinski definition) is 8. The van der Waals surface area contributed by atoms with Crippen LogP contribution in [0.15, 0.2) is 46.4 Å². The van der Waals surface area contributed by atoms with Crippen LogP contribution in [0.5, 0.6) is 5.75 Å². The summed E-state index contributed by atoms with van der Waals surface area (Å²) in [5.74, 6) is 1.76. The Labute approximate surface area is 190 Å². The normalized spacial score (nSPS) is 12.5. The van der Waals surface area contributed by atoms with Crippen LogP contribution in [-0.4, -0.2) is 45.3 Å². The molecule has 3 heterocycles. The Morgan fingerprint density at radius 3 is 2.64 bits per heavy atom. The fourth-order valence-corrected chi connectivity index (χ4v) is 3.63. The topological polar surface area (TPSA) is 147 Å². The Morgan fingerprint density at radius 2 is 1.97 bits per heavy atom. The molecule has 1 unspecified atom stereocenters. The number of ether oxygens (including phenoxy) is 1. The third-order valence-corrected chi connectivity index (χ3v) is 5.30. The molecule has 0 aliphatic rings. The number of hydrogen-bond donors (Lipinski definition) is 4. The van der Waals surface area contributed by atoms with Gasteiger partial charge in [-0.15, -0.1) is 0 Å². The average molecular weight is 447 g/mol. The van der Waals surface area contributed by atoms with Gasteiger partial charge >= 0.3 is 0 Å². The number of methoxy groups -OCH3 is 1. The monoisotopic (exact) mass is 446 g/mol. The largest absolute Gasteiger partial charge is 0.497 e. The molecule has 1 atom stereocenters. The lowest BCUT2D eigenvalue weighted by atomic mass is 10.0. The van der Waals surface area contributed by atoms with Crippen molar-refractivity contribution in [2.45, 2.75) is 19.9 Å². The zero-order valence-corrected chi connectivity index (χ0v) is 18.9. The van der Waals surface area contributed by atoms with Gasteiger partial charge in [-0.05, 0) is 24.1 Å². The first-order valence-electron chi connectivity index (χ1n) is 10.5. The van der Waals surface area contributed by atoms with Crippen LogP contribution in [0.25, 0.3) is 22.4 Å². The van der Waals surface area contributed by atoms with Crippen molar-refractivity contribution in [3.8, 4) is 17.1 Å². The summed E-state index contributed by atoms with van der Waals surface area (Å²) in [6.07, 6.45) is 4.88. The molecule has 170 valence electrons. The van der Waals surface area contributed by atoms with E-state index in [1.807, 2.05) is 32.0 Å². The molecule has 0 fully saturated rings. The van der Waals surface area contributed by atoms with Gasteiger partial charge in [0.25, 0.3) is 5.56 Å². The second-order valence-electron chi connectivity index (χ2n) is 7.86. The molecule has 4 aromatic rings. The molecule has 1 aromatic carbocycles. The van der Waals surface area contributed by atoms with E-state index in [1.54, 1.807) is 32.6 Å². The van der Waals surface area contributed by atoms with Crippen LogP contribution in [-0.2, 0) is 0 Å².